The number of carbonyl (C=O) groups is 1. The molecule has 23 heavy (non-hydrogen) atoms. The van der Waals surface area contributed by atoms with Crippen LogP contribution in [0.25, 0.3) is 10.9 Å². The molecule has 0 aliphatic heterocycles. The van der Waals surface area contributed by atoms with E-state index in [-0.39, 0.29) is 11.5 Å². The second-order valence-corrected chi connectivity index (χ2v) is 5.58. The number of rotatable bonds is 8. The van der Waals surface area contributed by atoms with E-state index in [0.717, 1.165) is 30.3 Å². The van der Waals surface area contributed by atoms with Crippen LogP contribution in [0.2, 0.25) is 0 Å². The van der Waals surface area contributed by atoms with Crippen molar-refractivity contribution in [2.24, 2.45) is 7.05 Å². The molecule has 124 valence electrons. The van der Waals surface area contributed by atoms with Gasteiger partial charge in [0.05, 0.1) is 12.1 Å². The van der Waals surface area contributed by atoms with Crippen LogP contribution in [-0.2, 0) is 11.8 Å². The van der Waals surface area contributed by atoms with Crippen molar-refractivity contribution in [1.29, 1.82) is 0 Å². The molecular weight excluding hydrogens is 292 g/mol. The molecule has 0 fully saturated rings. The van der Waals surface area contributed by atoms with Crippen molar-refractivity contribution in [3.05, 3.63) is 40.7 Å². The van der Waals surface area contributed by atoms with E-state index in [1.54, 1.807) is 11.6 Å². The van der Waals surface area contributed by atoms with Crippen LogP contribution in [0.5, 0.6) is 5.75 Å². The van der Waals surface area contributed by atoms with Crippen molar-refractivity contribution in [2.75, 3.05) is 13.2 Å². The summed E-state index contributed by atoms with van der Waals surface area (Å²) in [6, 6.07) is 9.14. The van der Waals surface area contributed by atoms with Gasteiger partial charge in [0.25, 0.3) is 5.56 Å². The van der Waals surface area contributed by atoms with Crippen molar-refractivity contribution in [3.8, 4) is 5.75 Å². The third-order valence-electron chi connectivity index (χ3n) is 3.77. The van der Waals surface area contributed by atoms with Crippen LogP contribution in [0.15, 0.2) is 35.1 Å². The van der Waals surface area contributed by atoms with Gasteiger partial charge in [-0.05, 0) is 25.0 Å². The van der Waals surface area contributed by atoms with Gasteiger partial charge in [0, 0.05) is 31.5 Å². The second-order valence-electron chi connectivity index (χ2n) is 5.58. The number of hydrogen-bond acceptors (Lipinski definition) is 3. The van der Waals surface area contributed by atoms with E-state index in [1.165, 1.54) is 6.07 Å². The summed E-state index contributed by atoms with van der Waals surface area (Å²) in [5, 5.41) is 3.79. The zero-order valence-electron chi connectivity index (χ0n) is 13.8. The summed E-state index contributed by atoms with van der Waals surface area (Å²) in [5.74, 6) is 0.631. The van der Waals surface area contributed by atoms with Gasteiger partial charge in [0.15, 0.2) is 0 Å². The molecule has 0 saturated heterocycles. The molecule has 5 heteroatoms. The van der Waals surface area contributed by atoms with Gasteiger partial charge in [-0.15, -0.1) is 0 Å². The molecule has 0 saturated carbocycles. The quantitative estimate of drug-likeness (QED) is 0.762. The SMILES string of the molecule is CCCCNC(=O)CCCOc1cc(=O)n(C)c2ccccc12. The molecule has 1 N–H and O–H groups in total. The molecule has 0 radical (unpaired) electrons. The third kappa shape index (κ3) is 4.58. The van der Waals surface area contributed by atoms with Gasteiger partial charge in [0.2, 0.25) is 5.91 Å². The highest BCUT2D eigenvalue weighted by molar-refractivity contribution is 5.85. The Morgan fingerprint density at radius 3 is 2.83 bits per heavy atom. The van der Waals surface area contributed by atoms with Crippen LogP contribution >= 0.6 is 0 Å². The molecule has 2 aromatic rings. The molecule has 0 spiro atoms. The summed E-state index contributed by atoms with van der Waals surface area (Å²) in [5.41, 5.74) is 0.739. The van der Waals surface area contributed by atoms with Crippen LogP contribution in [0.4, 0.5) is 0 Å². The largest absolute Gasteiger partial charge is 0.493 e. The predicted molar refractivity (Wildman–Crippen MR) is 91.8 cm³/mol. The maximum absolute atomic E-state index is 12.0. The maximum Gasteiger partial charge on any atom is 0.254 e. The number of carbonyl (C=O) groups excluding carboxylic acids is 1. The topological polar surface area (TPSA) is 60.3 Å². The number of hydrogen-bond donors (Lipinski definition) is 1. The molecule has 2 rings (SSSR count). The molecule has 1 heterocycles. The third-order valence-corrected chi connectivity index (χ3v) is 3.77. The van der Waals surface area contributed by atoms with Crippen LogP contribution in [-0.4, -0.2) is 23.6 Å². The molecule has 0 aliphatic carbocycles. The Bertz CT molecular complexity index is 722. The second kappa shape index (κ2) is 8.36. The molecule has 1 amide bonds. The van der Waals surface area contributed by atoms with Crippen molar-refractivity contribution < 1.29 is 9.53 Å². The Balaban J connectivity index is 1.92. The molecule has 0 atom stereocenters. The number of nitrogens with one attached hydrogen (secondary N) is 1. The van der Waals surface area contributed by atoms with Gasteiger partial charge in [-0.3, -0.25) is 9.59 Å². The molecule has 1 aromatic carbocycles. The minimum absolute atomic E-state index is 0.0517. The minimum Gasteiger partial charge on any atom is -0.493 e. The molecule has 0 aliphatic rings. The fraction of sp³-hybridized carbons (Fsp3) is 0.444. The maximum atomic E-state index is 12.0. The normalized spacial score (nSPS) is 10.7. The number of nitrogens with zero attached hydrogens (tertiary/aromatic N) is 1. The number of aromatic nitrogens is 1. The van der Waals surface area contributed by atoms with Gasteiger partial charge >= 0.3 is 0 Å². The standard InChI is InChI=1S/C18H24N2O3/c1-3-4-11-19-17(21)10-7-12-23-16-13-18(22)20(2)15-9-6-5-8-14(15)16/h5-6,8-9,13H,3-4,7,10-12H2,1-2H3,(H,19,21). The Hall–Kier alpha value is -2.30. The number of benzene rings is 1. The highest BCUT2D eigenvalue weighted by Gasteiger charge is 2.07. The first-order valence-corrected chi connectivity index (χ1v) is 8.11. The van der Waals surface area contributed by atoms with Crippen molar-refractivity contribution in [2.45, 2.75) is 32.6 Å². The number of aryl methyl sites for hydroxylation is 1. The monoisotopic (exact) mass is 316 g/mol. The molecule has 0 unspecified atom stereocenters. The summed E-state index contributed by atoms with van der Waals surface area (Å²) >= 11 is 0. The fourth-order valence-electron chi connectivity index (χ4n) is 2.41. The Morgan fingerprint density at radius 1 is 1.26 bits per heavy atom. The highest BCUT2D eigenvalue weighted by atomic mass is 16.5. The zero-order chi connectivity index (χ0) is 16.7. The van der Waals surface area contributed by atoms with Gasteiger partial charge in [0.1, 0.15) is 5.75 Å². The van der Waals surface area contributed by atoms with Crippen molar-refractivity contribution in [3.63, 3.8) is 0 Å². The number of ether oxygens (including phenoxy) is 1. The van der Waals surface area contributed by atoms with Gasteiger partial charge in [-0.2, -0.15) is 0 Å². The smallest absolute Gasteiger partial charge is 0.254 e. The van der Waals surface area contributed by atoms with Crippen LogP contribution < -0.4 is 15.6 Å². The summed E-state index contributed by atoms with van der Waals surface area (Å²) in [6.45, 7) is 3.24. The van der Waals surface area contributed by atoms with Crippen molar-refractivity contribution in [1.82, 2.24) is 9.88 Å². The highest BCUT2D eigenvalue weighted by Crippen LogP contribution is 2.23. The van der Waals surface area contributed by atoms with E-state index in [2.05, 4.69) is 12.2 Å². The Morgan fingerprint density at radius 2 is 2.04 bits per heavy atom. The summed E-state index contributed by atoms with van der Waals surface area (Å²) in [7, 11) is 1.75. The minimum atomic E-state index is -0.101. The van der Waals surface area contributed by atoms with Crippen molar-refractivity contribution >= 4 is 16.8 Å². The van der Waals surface area contributed by atoms with E-state index >= 15 is 0 Å². The number of pyridine rings is 1. The fourth-order valence-corrected chi connectivity index (χ4v) is 2.41. The summed E-state index contributed by atoms with van der Waals surface area (Å²) in [4.78, 5) is 23.6. The van der Waals surface area contributed by atoms with E-state index in [9.17, 15) is 9.59 Å². The first-order valence-electron chi connectivity index (χ1n) is 8.11. The number of fused-ring (bicyclic) bond motifs is 1. The Kier molecular flexibility index (Phi) is 6.20. The molecule has 5 nitrogen and oxygen atoms in total. The van der Waals surface area contributed by atoms with E-state index in [1.807, 2.05) is 24.3 Å². The first-order chi connectivity index (χ1) is 11.1. The average molecular weight is 316 g/mol. The summed E-state index contributed by atoms with van der Waals surface area (Å²) < 4.78 is 7.34. The van der Waals surface area contributed by atoms with Gasteiger partial charge in [-0.25, -0.2) is 0 Å². The van der Waals surface area contributed by atoms with Crippen LogP contribution in [0, 0.1) is 0 Å². The van der Waals surface area contributed by atoms with E-state index in [4.69, 9.17) is 4.74 Å². The molecule has 0 bridgehead atoms. The van der Waals surface area contributed by atoms with Crippen LogP contribution in [0.1, 0.15) is 32.6 Å². The number of unbranched alkanes of at least 4 members (excludes halogenated alkanes) is 1. The first kappa shape index (κ1) is 17.1. The lowest BCUT2D eigenvalue weighted by molar-refractivity contribution is -0.121. The Labute approximate surface area is 136 Å². The predicted octanol–water partition coefficient (Wildman–Crippen LogP) is 2.61. The van der Waals surface area contributed by atoms with E-state index < -0.39 is 0 Å². The van der Waals surface area contributed by atoms with E-state index in [0.29, 0.717) is 25.2 Å². The average Bonchev–Trinajstić information content (AvgIpc) is 2.56. The molecule has 1 aromatic heterocycles. The van der Waals surface area contributed by atoms with Gasteiger partial charge in [-0.1, -0.05) is 25.5 Å². The van der Waals surface area contributed by atoms with Gasteiger partial charge < -0.3 is 14.6 Å². The summed E-state index contributed by atoms with van der Waals surface area (Å²) in [6.07, 6.45) is 3.13. The zero-order valence-corrected chi connectivity index (χ0v) is 13.8. The lowest BCUT2D eigenvalue weighted by Gasteiger charge is -2.11. The van der Waals surface area contributed by atoms with Crippen LogP contribution in [0.3, 0.4) is 0 Å². The lowest BCUT2D eigenvalue weighted by Crippen LogP contribution is -2.24. The lowest BCUT2D eigenvalue weighted by atomic mass is 10.2. The number of amides is 1. The number of para-hydroxylation sites is 1. The molecular formula is C18H24N2O3.